The molecule has 0 atom stereocenters. The van der Waals surface area contributed by atoms with E-state index in [1.54, 1.807) is 32.6 Å². The van der Waals surface area contributed by atoms with Crippen LogP contribution in [0, 0.1) is 0 Å². The van der Waals surface area contributed by atoms with Crippen molar-refractivity contribution in [2.45, 2.75) is 0 Å². The summed E-state index contributed by atoms with van der Waals surface area (Å²) in [4.78, 5) is 17.7. The highest BCUT2D eigenvalue weighted by Crippen LogP contribution is 2.35. The first kappa shape index (κ1) is 21.5. The van der Waals surface area contributed by atoms with Gasteiger partial charge in [-0.15, -0.1) is 0 Å². The third-order valence-electron chi connectivity index (χ3n) is 4.87. The Hall–Kier alpha value is -3.71. The second kappa shape index (κ2) is 9.62. The number of hydrogen-bond donors (Lipinski definition) is 1. The zero-order valence-electron chi connectivity index (χ0n) is 17.5. The molecule has 7 heteroatoms. The molecule has 0 fully saturated rings. The van der Waals surface area contributed by atoms with Gasteiger partial charge in [-0.25, -0.2) is 10.4 Å². The van der Waals surface area contributed by atoms with Crippen molar-refractivity contribution < 1.29 is 14.3 Å². The molecule has 0 aliphatic heterocycles. The summed E-state index contributed by atoms with van der Waals surface area (Å²) in [5.41, 5.74) is 6.26. The van der Waals surface area contributed by atoms with Crippen molar-refractivity contribution in [2.75, 3.05) is 14.2 Å². The van der Waals surface area contributed by atoms with E-state index in [0.717, 1.165) is 32.2 Å². The maximum Gasteiger partial charge on any atom is 0.272 e. The van der Waals surface area contributed by atoms with Gasteiger partial charge in [0, 0.05) is 10.9 Å². The number of nitrogens with one attached hydrogen (secondary N) is 1. The molecule has 160 valence electrons. The fraction of sp³-hybridized carbons (Fsp3) is 0.0800. The van der Waals surface area contributed by atoms with E-state index in [4.69, 9.17) is 14.5 Å². The summed E-state index contributed by atoms with van der Waals surface area (Å²) < 4.78 is 11.4. The molecule has 0 spiro atoms. The van der Waals surface area contributed by atoms with Gasteiger partial charge in [0.2, 0.25) is 0 Å². The number of amides is 1. The Morgan fingerprint density at radius 1 is 1.00 bits per heavy atom. The van der Waals surface area contributed by atoms with Crippen LogP contribution >= 0.6 is 15.9 Å². The van der Waals surface area contributed by atoms with Gasteiger partial charge in [0.15, 0.2) is 11.5 Å². The molecule has 1 aromatic heterocycles. The van der Waals surface area contributed by atoms with E-state index in [-0.39, 0.29) is 5.91 Å². The van der Waals surface area contributed by atoms with Crippen LogP contribution in [0.2, 0.25) is 0 Å². The molecule has 0 aliphatic carbocycles. The van der Waals surface area contributed by atoms with Crippen LogP contribution in [-0.2, 0) is 0 Å². The molecular formula is C25H20BrN3O3. The van der Waals surface area contributed by atoms with Gasteiger partial charge >= 0.3 is 0 Å². The van der Waals surface area contributed by atoms with E-state index in [9.17, 15) is 4.79 Å². The van der Waals surface area contributed by atoms with Crippen LogP contribution in [0.25, 0.3) is 22.2 Å². The Labute approximate surface area is 194 Å². The molecule has 0 unspecified atom stereocenters. The van der Waals surface area contributed by atoms with Crippen LogP contribution in [0.3, 0.4) is 0 Å². The van der Waals surface area contributed by atoms with Crippen LogP contribution in [0.15, 0.2) is 82.4 Å². The van der Waals surface area contributed by atoms with Gasteiger partial charge in [-0.05, 0) is 45.8 Å². The second-order valence-electron chi connectivity index (χ2n) is 6.88. The molecule has 0 radical (unpaired) electrons. The summed E-state index contributed by atoms with van der Waals surface area (Å²) in [7, 11) is 3.13. The number of aromatic nitrogens is 1. The Morgan fingerprint density at radius 3 is 2.50 bits per heavy atom. The number of hydrazone groups is 1. The average Bonchev–Trinajstić information content (AvgIpc) is 2.83. The van der Waals surface area contributed by atoms with Crippen molar-refractivity contribution in [2.24, 2.45) is 5.10 Å². The first-order chi connectivity index (χ1) is 15.6. The van der Waals surface area contributed by atoms with Crippen molar-refractivity contribution >= 4 is 39.0 Å². The van der Waals surface area contributed by atoms with Crippen molar-refractivity contribution in [1.82, 2.24) is 10.4 Å². The molecular weight excluding hydrogens is 470 g/mol. The summed E-state index contributed by atoms with van der Waals surface area (Å²) in [6.45, 7) is 0. The minimum atomic E-state index is -0.323. The van der Waals surface area contributed by atoms with E-state index in [1.165, 1.54) is 0 Å². The number of methoxy groups -OCH3 is 2. The number of hydrogen-bond acceptors (Lipinski definition) is 5. The third-order valence-corrected chi connectivity index (χ3v) is 5.46. The molecule has 1 N–H and O–H groups in total. The average molecular weight is 490 g/mol. The van der Waals surface area contributed by atoms with Gasteiger partial charge in [0.25, 0.3) is 5.91 Å². The SMILES string of the molecule is COc1cc(/C=N/NC(=O)c2cc(-c3ccccc3)nc3ccccc23)cc(Br)c1OC. The number of carbonyl (C=O) groups excluding carboxylic acids is 1. The lowest BCUT2D eigenvalue weighted by Gasteiger charge is -2.10. The minimum Gasteiger partial charge on any atom is -0.493 e. The summed E-state index contributed by atoms with van der Waals surface area (Å²) in [6.07, 6.45) is 1.55. The van der Waals surface area contributed by atoms with E-state index < -0.39 is 0 Å². The lowest BCUT2D eigenvalue weighted by molar-refractivity contribution is 0.0956. The van der Waals surface area contributed by atoms with E-state index in [1.807, 2.05) is 60.7 Å². The number of pyridine rings is 1. The standard InChI is InChI=1S/C25H20BrN3O3/c1-31-23-13-16(12-20(26)24(23)32-2)15-27-29-25(30)19-14-22(17-8-4-3-5-9-17)28-21-11-7-6-10-18(19)21/h3-15H,1-2H3,(H,29,30)/b27-15+. The zero-order valence-corrected chi connectivity index (χ0v) is 19.1. The maximum atomic E-state index is 13.0. The first-order valence-electron chi connectivity index (χ1n) is 9.81. The number of ether oxygens (including phenoxy) is 2. The number of para-hydroxylation sites is 1. The minimum absolute atomic E-state index is 0.323. The van der Waals surface area contributed by atoms with E-state index in [0.29, 0.717) is 17.1 Å². The summed E-state index contributed by atoms with van der Waals surface area (Å²) in [5.74, 6) is 0.823. The lowest BCUT2D eigenvalue weighted by Crippen LogP contribution is -2.18. The molecule has 32 heavy (non-hydrogen) atoms. The molecule has 0 bridgehead atoms. The van der Waals surface area contributed by atoms with Crippen LogP contribution in [0.5, 0.6) is 11.5 Å². The van der Waals surface area contributed by atoms with Crippen LogP contribution in [0.1, 0.15) is 15.9 Å². The normalized spacial score (nSPS) is 11.0. The predicted octanol–water partition coefficient (Wildman–Crippen LogP) is 5.45. The first-order valence-corrected chi connectivity index (χ1v) is 10.6. The van der Waals surface area contributed by atoms with Crippen LogP contribution in [-0.4, -0.2) is 31.3 Å². The lowest BCUT2D eigenvalue weighted by atomic mass is 10.0. The highest BCUT2D eigenvalue weighted by Gasteiger charge is 2.14. The molecule has 0 saturated heterocycles. The van der Waals surface area contributed by atoms with E-state index >= 15 is 0 Å². The number of fused-ring (bicyclic) bond motifs is 1. The number of rotatable bonds is 6. The van der Waals surface area contributed by atoms with Gasteiger partial charge in [-0.2, -0.15) is 5.10 Å². The largest absolute Gasteiger partial charge is 0.493 e. The quantitative estimate of drug-likeness (QED) is 0.289. The van der Waals surface area contributed by atoms with Gasteiger partial charge in [0.05, 0.1) is 41.7 Å². The van der Waals surface area contributed by atoms with Gasteiger partial charge in [0.1, 0.15) is 0 Å². The highest BCUT2D eigenvalue weighted by atomic mass is 79.9. The fourth-order valence-corrected chi connectivity index (χ4v) is 3.98. The molecule has 4 rings (SSSR count). The second-order valence-corrected chi connectivity index (χ2v) is 7.73. The topological polar surface area (TPSA) is 72.8 Å². The molecule has 4 aromatic rings. The fourth-order valence-electron chi connectivity index (χ4n) is 3.36. The maximum absolute atomic E-state index is 13.0. The Balaban J connectivity index is 1.64. The molecule has 0 aliphatic rings. The number of carbonyl (C=O) groups is 1. The monoisotopic (exact) mass is 489 g/mol. The van der Waals surface area contributed by atoms with Crippen molar-refractivity contribution in [1.29, 1.82) is 0 Å². The molecule has 0 saturated carbocycles. The number of benzene rings is 3. The summed E-state index contributed by atoms with van der Waals surface area (Å²) in [6, 6.07) is 22.7. The van der Waals surface area contributed by atoms with Gasteiger partial charge < -0.3 is 9.47 Å². The Kier molecular flexibility index (Phi) is 6.47. The summed E-state index contributed by atoms with van der Waals surface area (Å²) >= 11 is 3.45. The predicted molar refractivity (Wildman–Crippen MR) is 129 cm³/mol. The molecule has 6 nitrogen and oxygen atoms in total. The van der Waals surface area contributed by atoms with Crippen molar-refractivity contribution in [3.63, 3.8) is 0 Å². The van der Waals surface area contributed by atoms with E-state index in [2.05, 4.69) is 26.5 Å². The van der Waals surface area contributed by atoms with Crippen molar-refractivity contribution in [3.05, 3.63) is 88.4 Å². The zero-order chi connectivity index (χ0) is 22.5. The Morgan fingerprint density at radius 2 is 1.75 bits per heavy atom. The highest BCUT2D eigenvalue weighted by molar-refractivity contribution is 9.10. The van der Waals surface area contributed by atoms with Gasteiger partial charge in [-0.1, -0.05) is 48.5 Å². The van der Waals surface area contributed by atoms with Crippen LogP contribution in [0.4, 0.5) is 0 Å². The van der Waals surface area contributed by atoms with Gasteiger partial charge in [-0.3, -0.25) is 4.79 Å². The summed E-state index contributed by atoms with van der Waals surface area (Å²) in [5, 5.41) is 4.90. The number of halogens is 1. The smallest absolute Gasteiger partial charge is 0.272 e. The number of nitrogens with zero attached hydrogens (tertiary/aromatic N) is 2. The molecule has 1 amide bonds. The van der Waals surface area contributed by atoms with Crippen LogP contribution < -0.4 is 14.9 Å². The Bertz CT molecular complexity index is 1310. The van der Waals surface area contributed by atoms with Crippen molar-refractivity contribution in [3.8, 4) is 22.8 Å². The molecule has 3 aromatic carbocycles. The third kappa shape index (κ3) is 4.48. The molecule has 1 heterocycles.